The summed E-state index contributed by atoms with van der Waals surface area (Å²) in [5.74, 6) is -0.146. The van der Waals surface area contributed by atoms with Crippen molar-refractivity contribution in [1.82, 2.24) is 0 Å². The SMILES string of the molecule is COc1ccc2c(c1)C(C)(C)C(c1ccc(C34OCC(C)(C)C3(C(C)(C)C)OO4)cc1O)=N2. The molecule has 176 valence electrons. The number of aliphatic imine (C=N–C) groups is 1. The summed E-state index contributed by atoms with van der Waals surface area (Å²) in [6.45, 7) is 15.4. The molecule has 0 saturated carbocycles. The predicted octanol–water partition coefficient (Wildman–Crippen LogP) is 5.77. The minimum Gasteiger partial charge on any atom is -0.507 e. The summed E-state index contributed by atoms with van der Waals surface area (Å²) in [6.07, 6.45) is 0. The first-order valence-electron chi connectivity index (χ1n) is 11.4. The van der Waals surface area contributed by atoms with Crippen LogP contribution in [0.4, 0.5) is 5.69 Å². The molecule has 0 amide bonds. The van der Waals surface area contributed by atoms with Crippen LogP contribution in [0.25, 0.3) is 0 Å². The molecule has 2 saturated heterocycles. The highest BCUT2D eigenvalue weighted by Crippen LogP contribution is 2.69. The van der Waals surface area contributed by atoms with Gasteiger partial charge in [0, 0.05) is 27.4 Å². The Balaban J connectivity index is 1.57. The molecule has 3 aliphatic rings. The second-order valence-corrected chi connectivity index (χ2v) is 11.6. The molecule has 6 heteroatoms. The van der Waals surface area contributed by atoms with E-state index in [9.17, 15) is 5.11 Å². The lowest BCUT2D eigenvalue weighted by Gasteiger charge is -2.61. The van der Waals surface area contributed by atoms with E-state index in [0.717, 1.165) is 28.3 Å². The number of rotatable bonds is 3. The predicted molar refractivity (Wildman–Crippen MR) is 126 cm³/mol. The number of aromatic hydroxyl groups is 1. The van der Waals surface area contributed by atoms with Gasteiger partial charge in [0.2, 0.25) is 0 Å². The zero-order chi connectivity index (χ0) is 24.0. The number of ether oxygens (including phenoxy) is 2. The van der Waals surface area contributed by atoms with Crippen LogP contribution in [-0.2, 0) is 25.7 Å². The molecule has 3 heterocycles. The Morgan fingerprint density at radius 1 is 1.00 bits per heavy atom. The van der Waals surface area contributed by atoms with Crippen molar-refractivity contribution in [3.63, 3.8) is 0 Å². The van der Waals surface area contributed by atoms with Crippen molar-refractivity contribution >= 4 is 11.4 Å². The molecule has 0 bridgehead atoms. The highest BCUT2D eigenvalue weighted by Gasteiger charge is 2.81. The van der Waals surface area contributed by atoms with Crippen molar-refractivity contribution in [2.24, 2.45) is 15.8 Å². The first kappa shape index (κ1) is 22.4. The highest BCUT2D eigenvalue weighted by atomic mass is 17.3. The molecule has 0 aliphatic carbocycles. The quantitative estimate of drug-likeness (QED) is 0.600. The Labute approximate surface area is 195 Å². The molecule has 2 atom stereocenters. The molecule has 33 heavy (non-hydrogen) atoms. The van der Waals surface area contributed by atoms with Crippen LogP contribution in [-0.4, -0.2) is 30.1 Å². The van der Waals surface area contributed by atoms with Crippen LogP contribution in [0.1, 0.15) is 65.2 Å². The molecule has 2 unspecified atom stereocenters. The van der Waals surface area contributed by atoms with Crippen molar-refractivity contribution in [2.75, 3.05) is 13.7 Å². The van der Waals surface area contributed by atoms with E-state index < -0.39 is 16.8 Å². The number of hydrogen-bond donors (Lipinski definition) is 1. The summed E-state index contributed by atoms with van der Waals surface area (Å²) in [7, 11) is 1.66. The Morgan fingerprint density at radius 3 is 2.30 bits per heavy atom. The minimum atomic E-state index is -1.08. The van der Waals surface area contributed by atoms with E-state index >= 15 is 0 Å². The molecule has 2 aromatic rings. The fourth-order valence-corrected chi connectivity index (χ4v) is 6.20. The van der Waals surface area contributed by atoms with Crippen molar-refractivity contribution in [3.05, 3.63) is 53.1 Å². The normalized spacial score (nSPS) is 29.2. The molecule has 0 radical (unpaired) electrons. The summed E-state index contributed by atoms with van der Waals surface area (Å²) in [6, 6.07) is 11.5. The molecule has 0 aromatic heterocycles. The zero-order valence-electron chi connectivity index (χ0n) is 20.7. The summed E-state index contributed by atoms with van der Waals surface area (Å²) in [5.41, 5.74) is 2.57. The summed E-state index contributed by atoms with van der Waals surface area (Å²) < 4.78 is 11.7. The van der Waals surface area contributed by atoms with Gasteiger partial charge in [-0.25, -0.2) is 4.89 Å². The van der Waals surface area contributed by atoms with Gasteiger partial charge < -0.3 is 14.6 Å². The van der Waals surface area contributed by atoms with Crippen LogP contribution in [0.3, 0.4) is 0 Å². The van der Waals surface area contributed by atoms with Crippen LogP contribution in [0.5, 0.6) is 11.5 Å². The van der Waals surface area contributed by atoms with E-state index in [-0.39, 0.29) is 16.6 Å². The van der Waals surface area contributed by atoms with Crippen LogP contribution < -0.4 is 4.74 Å². The lowest BCUT2D eigenvalue weighted by molar-refractivity contribution is -0.626. The summed E-state index contributed by atoms with van der Waals surface area (Å²) in [5, 5.41) is 11.2. The van der Waals surface area contributed by atoms with Gasteiger partial charge in [0.1, 0.15) is 11.5 Å². The van der Waals surface area contributed by atoms with Gasteiger partial charge >= 0.3 is 0 Å². The maximum absolute atomic E-state index is 11.2. The van der Waals surface area contributed by atoms with Gasteiger partial charge in [0.15, 0.2) is 5.60 Å². The number of nitrogens with zero attached hydrogens (tertiary/aromatic N) is 1. The number of fused-ring (bicyclic) bond motifs is 2. The Kier molecular flexibility index (Phi) is 4.47. The Morgan fingerprint density at radius 2 is 1.73 bits per heavy atom. The smallest absolute Gasteiger partial charge is 0.261 e. The average Bonchev–Trinajstić information content (AvgIpc) is 3.05. The highest BCUT2D eigenvalue weighted by molar-refractivity contribution is 6.13. The Hall–Kier alpha value is -2.41. The standard InChI is InChI=1S/C27H33NO5/c1-23(2,3)27-24(4,5)15-31-26(27,32-33-27)16-9-11-18(21(29)13-16)22-25(6,7)19-14-17(30-8)10-12-20(19)28-22/h9-14,29H,15H2,1-8H3. The largest absolute Gasteiger partial charge is 0.507 e. The molecule has 0 spiro atoms. The molecule has 5 rings (SSSR count). The van der Waals surface area contributed by atoms with Crippen LogP contribution in [0, 0.1) is 10.8 Å². The zero-order valence-corrected chi connectivity index (χ0v) is 20.7. The third-order valence-electron chi connectivity index (χ3n) is 7.73. The molecule has 1 N–H and O–H groups in total. The van der Waals surface area contributed by atoms with E-state index in [4.69, 9.17) is 24.2 Å². The van der Waals surface area contributed by atoms with Crippen molar-refractivity contribution < 1.29 is 24.4 Å². The van der Waals surface area contributed by atoms with Gasteiger partial charge in [-0.3, -0.25) is 4.99 Å². The molecular formula is C27H33NO5. The monoisotopic (exact) mass is 451 g/mol. The number of methoxy groups -OCH3 is 1. The fraction of sp³-hybridized carbons (Fsp3) is 0.519. The van der Waals surface area contributed by atoms with E-state index in [1.54, 1.807) is 13.2 Å². The van der Waals surface area contributed by atoms with Crippen LogP contribution in [0.2, 0.25) is 0 Å². The second kappa shape index (κ2) is 6.59. The van der Waals surface area contributed by atoms with E-state index in [1.807, 2.05) is 30.3 Å². The van der Waals surface area contributed by atoms with Crippen molar-refractivity contribution in [1.29, 1.82) is 0 Å². The number of phenols is 1. The second-order valence-electron chi connectivity index (χ2n) is 11.6. The third-order valence-corrected chi connectivity index (χ3v) is 7.73. The van der Waals surface area contributed by atoms with Crippen molar-refractivity contribution in [3.8, 4) is 11.5 Å². The molecule has 2 aromatic carbocycles. The summed E-state index contributed by atoms with van der Waals surface area (Å²) in [4.78, 5) is 16.5. The maximum atomic E-state index is 11.2. The van der Waals surface area contributed by atoms with Gasteiger partial charge in [0.25, 0.3) is 5.79 Å². The lowest BCUT2D eigenvalue weighted by atomic mass is 9.57. The molecule has 6 nitrogen and oxygen atoms in total. The number of hydrogen-bond acceptors (Lipinski definition) is 6. The van der Waals surface area contributed by atoms with Gasteiger partial charge in [0.05, 0.1) is 25.1 Å². The minimum absolute atomic E-state index is 0.139. The number of phenolic OH excluding ortho intramolecular Hbond substituents is 1. The van der Waals surface area contributed by atoms with Gasteiger partial charge in [-0.05, 0) is 35.9 Å². The summed E-state index contributed by atoms with van der Waals surface area (Å²) >= 11 is 0. The fourth-order valence-electron chi connectivity index (χ4n) is 6.20. The lowest BCUT2D eigenvalue weighted by Crippen LogP contribution is -2.73. The average molecular weight is 452 g/mol. The van der Waals surface area contributed by atoms with E-state index in [0.29, 0.717) is 12.2 Å². The Bertz CT molecular complexity index is 1180. The van der Waals surface area contributed by atoms with Crippen molar-refractivity contribution in [2.45, 2.75) is 65.3 Å². The van der Waals surface area contributed by atoms with Gasteiger partial charge in [-0.1, -0.05) is 54.5 Å². The first-order valence-corrected chi connectivity index (χ1v) is 11.4. The molecule has 2 fully saturated rings. The maximum Gasteiger partial charge on any atom is 0.261 e. The molecule has 3 aliphatic heterocycles. The van der Waals surface area contributed by atoms with Crippen LogP contribution >= 0.6 is 0 Å². The van der Waals surface area contributed by atoms with Gasteiger partial charge in [-0.15, -0.1) is 0 Å². The number of benzene rings is 2. The van der Waals surface area contributed by atoms with E-state index in [1.165, 1.54) is 0 Å². The molecular weight excluding hydrogens is 418 g/mol. The third kappa shape index (κ3) is 2.63. The first-order chi connectivity index (χ1) is 15.3. The van der Waals surface area contributed by atoms with Gasteiger partial charge in [-0.2, -0.15) is 4.89 Å². The van der Waals surface area contributed by atoms with Crippen LogP contribution in [0.15, 0.2) is 41.4 Å². The van der Waals surface area contributed by atoms with E-state index in [2.05, 4.69) is 48.5 Å². The topological polar surface area (TPSA) is 69.5 Å².